The average Bonchev–Trinajstić information content (AvgIpc) is 2.43. The lowest BCUT2D eigenvalue weighted by molar-refractivity contribution is 0.640. The minimum atomic E-state index is -0.238. The highest BCUT2D eigenvalue weighted by molar-refractivity contribution is 6.35. The van der Waals surface area contributed by atoms with Gasteiger partial charge in [-0.1, -0.05) is 53.5 Å². The van der Waals surface area contributed by atoms with Crippen molar-refractivity contribution < 1.29 is 4.39 Å². The Morgan fingerprint density at radius 3 is 2.26 bits per heavy atom. The fourth-order valence-electron chi connectivity index (χ4n) is 2.20. The van der Waals surface area contributed by atoms with Gasteiger partial charge < -0.3 is 0 Å². The molecule has 0 radical (unpaired) electrons. The molecule has 0 unspecified atom stereocenters. The summed E-state index contributed by atoms with van der Waals surface area (Å²) in [5, 5.41) is 2.61. The summed E-state index contributed by atoms with van der Waals surface area (Å²) in [6.45, 7) is 0. The first-order chi connectivity index (χ1) is 9.16. The Balaban J connectivity index is 2.37. The molecule has 0 saturated heterocycles. The highest BCUT2D eigenvalue weighted by Gasteiger charge is 2.10. The summed E-state index contributed by atoms with van der Waals surface area (Å²) in [4.78, 5) is 0. The topological polar surface area (TPSA) is 0 Å². The number of fused-ring (bicyclic) bond motifs is 1. The molecular weight excluding hydrogens is 282 g/mol. The van der Waals surface area contributed by atoms with E-state index >= 15 is 0 Å². The molecule has 0 aromatic heterocycles. The molecule has 3 aromatic rings. The lowest BCUT2D eigenvalue weighted by atomic mass is 9.98. The van der Waals surface area contributed by atoms with Gasteiger partial charge in [0.05, 0.1) is 0 Å². The Bertz CT molecular complexity index is 766. The third-order valence-corrected chi connectivity index (χ3v) is 3.65. The van der Waals surface area contributed by atoms with Crippen LogP contribution in [0.5, 0.6) is 0 Å². The Kier molecular flexibility index (Phi) is 3.17. The van der Waals surface area contributed by atoms with Crippen molar-refractivity contribution in [2.75, 3.05) is 0 Å². The maximum Gasteiger partial charge on any atom is 0.131 e. The van der Waals surface area contributed by atoms with Crippen LogP contribution in [0.15, 0.2) is 54.6 Å². The van der Waals surface area contributed by atoms with Crippen LogP contribution in [-0.2, 0) is 0 Å². The van der Waals surface area contributed by atoms with E-state index in [0.29, 0.717) is 15.4 Å². The van der Waals surface area contributed by atoms with Crippen LogP contribution in [-0.4, -0.2) is 0 Å². The van der Waals surface area contributed by atoms with Crippen molar-refractivity contribution in [3.05, 3.63) is 70.5 Å². The van der Waals surface area contributed by atoms with Gasteiger partial charge in [-0.05, 0) is 35.2 Å². The third-order valence-electron chi connectivity index (χ3n) is 3.09. The van der Waals surface area contributed by atoms with Gasteiger partial charge in [-0.2, -0.15) is 0 Å². The van der Waals surface area contributed by atoms with Gasteiger partial charge in [-0.3, -0.25) is 0 Å². The molecule has 0 heterocycles. The fourth-order valence-corrected chi connectivity index (χ4v) is 2.59. The first-order valence-corrected chi connectivity index (χ1v) is 6.55. The molecule has 0 aliphatic carbocycles. The Hall–Kier alpha value is -1.57. The number of hydrogen-bond donors (Lipinski definition) is 0. The second kappa shape index (κ2) is 4.84. The molecule has 0 aliphatic rings. The predicted molar refractivity (Wildman–Crippen MR) is 79.4 cm³/mol. The van der Waals surface area contributed by atoms with Gasteiger partial charge in [-0.15, -0.1) is 0 Å². The van der Waals surface area contributed by atoms with Crippen LogP contribution < -0.4 is 0 Å². The second-order valence-corrected chi connectivity index (χ2v) is 5.11. The van der Waals surface area contributed by atoms with E-state index in [1.54, 1.807) is 30.3 Å². The summed E-state index contributed by atoms with van der Waals surface area (Å²) < 4.78 is 13.8. The standard InChI is InChI=1S/C16H9Cl2F/c17-10-5-7-15(18)14(9-10)12-6-8-16(19)13-4-2-1-3-11(12)13/h1-9H. The van der Waals surface area contributed by atoms with Crippen molar-refractivity contribution in [1.29, 1.82) is 0 Å². The highest BCUT2D eigenvalue weighted by atomic mass is 35.5. The number of hydrogen-bond acceptors (Lipinski definition) is 0. The third kappa shape index (κ3) is 2.20. The van der Waals surface area contributed by atoms with Crippen molar-refractivity contribution >= 4 is 34.0 Å². The second-order valence-electron chi connectivity index (χ2n) is 4.26. The molecular formula is C16H9Cl2F. The van der Waals surface area contributed by atoms with E-state index in [-0.39, 0.29) is 5.82 Å². The first-order valence-electron chi connectivity index (χ1n) is 5.79. The summed E-state index contributed by atoms with van der Waals surface area (Å²) in [7, 11) is 0. The Morgan fingerprint density at radius 1 is 0.737 bits per heavy atom. The molecule has 3 aromatic carbocycles. The molecule has 0 atom stereocenters. The van der Waals surface area contributed by atoms with Crippen molar-refractivity contribution in [1.82, 2.24) is 0 Å². The minimum Gasteiger partial charge on any atom is -0.206 e. The maximum absolute atomic E-state index is 13.8. The zero-order chi connectivity index (χ0) is 13.4. The largest absolute Gasteiger partial charge is 0.206 e. The van der Waals surface area contributed by atoms with E-state index < -0.39 is 0 Å². The molecule has 0 nitrogen and oxygen atoms in total. The van der Waals surface area contributed by atoms with E-state index in [2.05, 4.69) is 0 Å². The molecule has 0 fully saturated rings. The number of rotatable bonds is 1. The zero-order valence-electron chi connectivity index (χ0n) is 9.83. The van der Waals surface area contributed by atoms with E-state index in [1.807, 2.05) is 18.2 Å². The molecule has 0 amide bonds. The van der Waals surface area contributed by atoms with Crippen molar-refractivity contribution in [2.45, 2.75) is 0 Å². The van der Waals surface area contributed by atoms with Crippen LogP contribution in [0.1, 0.15) is 0 Å². The molecule has 3 rings (SSSR count). The highest BCUT2D eigenvalue weighted by Crippen LogP contribution is 2.35. The van der Waals surface area contributed by atoms with E-state index in [4.69, 9.17) is 23.2 Å². The van der Waals surface area contributed by atoms with Gasteiger partial charge >= 0.3 is 0 Å². The summed E-state index contributed by atoms with van der Waals surface area (Å²) >= 11 is 12.2. The van der Waals surface area contributed by atoms with Gasteiger partial charge in [0.1, 0.15) is 5.82 Å². The monoisotopic (exact) mass is 290 g/mol. The summed E-state index contributed by atoms with van der Waals surface area (Å²) in [6, 6.07) is 15.8. The lowest BCUT2D eigenvalue weighted by Gasteiger charge is -2.10. The molecule has 0 N–H and O–H groups in total. The van der Waals surface area contributed by atoms with E-state index in [9.17, 15) is 4.39 Å². The van der Waals surface area contributed by atoms with Crippen molar-refractivity contribution in [3.63, 3.8) is 0 Å². The summed E-state index contributed by atoms with van der Waals surface area (Å²) in [5.74, 6) is -0.238. The number of benzene rings is 3. The fraction of sp³-hybridized carbons (Fsp3) is 0. The normalized spacial score (nSPS) is 10.9. The van der Waals surface area contributed by atoms with Crippen LogP contribution in [0.3, 0.4) is 0 Å². The van der Waals surface area contributed by atoms with Gasteiger partial charge in [0.25, 0.3) is 0 Å². The van der Waals surface area contributed by atoms with Gasteiger partial charge in [-0.25, -0.2) is 4.39 Å². The molecule has 0 bridgehead atoms. The first kappa shape index (κ1) is 12.5. The van der Waals surface area contributed by atoms with Crippen molar-refractivity contribution in [3.8, 4) is 11.1 Å². The van der Waals surface area contributed by atoms with Gasteiger partial charge in [0.2, 0.25) is 0 Å². The van der Waals surface area contributed by atoms with Crippen LogP contribution in [0, 0.1) is 5.82 Å². The molecule has 0 saturated carbocycles. The SMILES string of the molecule is Fc1ccc(-c2cc(Cl)ccc2Cl)c2ccccc12. The quantitative estimate of drug-likeness (QED) is 0.519. The molecule has 0 aliphatic heterocycles. The zero-order valence-corrected chi connectivity index (χ0v) is 11.3. The van der Waals surface area contributed by atoms with Gasteiger partial charge in [0, 0.05) is 21.0 Å². The molecule has 0 spiro atoms. The average molecular weight is 291 g/mol. The molecule has 19 heavy (non-hydrogen) atoms. The van der Waals surface area contributed by atoms with Gasteiger partial charge in [0.15, 0.2) is 0 Å². The number of halogens is 3. The lowest BCUT2D eigenvalue weighted by Crippen LogP contribution is -1.86. The Morgan fingerprint density at radius 2 is 1.47 bits per heavy atom. The molecule has 94 valence electrons. The smallest absolute Gasteiger partial charge is 0.131 e. The Labute approximate surface area is 120 Å². The van der Waals surface area contributed by atoms with E-state index in [1.165, 1.54) is 6.07 Å². The summed E-state index contributed by atoms with van der Waals surface area (Å²) in [6.07, 6.45) is 0. The molecule has 3 heteroatoms. The van der Waals surface area contributed by atoms with Crippen LogP contribution in [0.2, 0.25) is 10.0 Å². The van der Waals surface area contributed by atoms with Crippen LogP contribution >= 0.6 is 23.2 Å². The van der Waals surface area contributed by atoms with Crippen LogP contribution in [0.25, 0.3) is 21.9 Å². The summed E-state index contributed by atoms with van der Waals surface area (Å²) in [5.41, 5.74) is 1.69. The predicted octanol–water partition coefficient (Wildman–Crippen LogP) is 5.95. The minimum absolute atomic E-state index is 0.238. The van der Waals surface area contributed by atoms with Crippen molar-refractivity contribution in [2.24, 2.45) is 0 Å². The van der Waals surface area contributed by atoms with E-state index in [0.717, 1.165) is 16.5 Å². The van der Waals surface area contributed by atoms with Crippen LogP contribution in [0.4, 0.5) is 4.39 Å². The maximum atomic E-state index is 13.8.